The van der Waals surface area contributed by atoms with Crippen LogP contribution in [0.15, 0.2) is 24.3 Å². The summed E-state index contributed by atoms with van der Waals surface area (Å²) in [5, 5.41) is 13.7. The lowest BCUT2D eigenvalue weighted by Gasteiger charge is -2.25. The Labute approximate surface area is 322 Å². The monoisotopic (exact) mass is 758 g/mol. The number of nitrogens with one attached hydrogen (secondary N) is 1. The molecule has 0 aliphatic rings. The lowest BCUT2D eigenvalue weighted by Crippen LogP contribution is -2.45. The molecule has 0 aromatic rings. The zero-order valence-corrected chi connectivity index (χ0v) is 35.7. The molecule has 0 heterocycles. The average molecular weight is 758 g/mol. The maximum atomic E-state index is 12.7. The highest BCUT2D eigenvalue weighted by atomic mass is 31.2. The molecule has 52 heavy (non-hydrogen) atoms. The number of rotatable bonds is 39. The largest absolute Gasteiger partial charge is 0.472 e. The Kier molecular flexibility index (Phi) is 35.0. The molecule has 3 N–H and O–H groups in total. The fraction of sp³-hybridized carbons (Fsp3) is 0.884. The normalized spacial score (nSPS) is 14.7. The Hall–Kier alpha value is -1.02. The molecule has 0 rings (SSSR count). The Bertz CT molecular complexity index is 907. The van der Waals surface area contributed by atoms with E-state index < -0.39 is 20.0 Å². The summed E-state index contributed by atoms with van der Waals surface area (Å²) in [6.07, 6.45) is 41.2. The van der Waals surface area contributed by atoms with Crippen LogP contribution in [0.25, 0.3) is 0 Å². The Morgan fingerprint density at radius 2 is 1.04 bits per heavy atom. The summed E-state index contributed by atoms with van der Waals surface area (Å²) in [5.74, 6) is -0.213. The fourth-order valence-electron chi connectivity index (χ4n) is 6.16. The molecule has 0 aromatic heterocycles. The number of carbonyl (C=O) groups is 1. The zero-order chi connectivity index (χ0) is 38.6. The molecule has 308 valence electrons. The van der Waals surface area contributed by atoms with Crippen molar-refractivity contribution in [2.24, 2.45) is 0 Å². The van der Waals surface area contributed by atoms with Gasteiger partial charge in [0.1, 0.15) is 13.2 Å². The van der Waals surface area contributed by atoms with Crippen molar-refractivity contribution >= 4 is 13.7 Å². The topological polar surface area (TPSA) is 105 Å². The standard InChI is InChI=1S/C43H85N2O6P/c1-6-8-10-12-14-16-17-18-19-20-21-22-23-24-25-26-27-29-30-32-34-36-42(46)41(40-51-52(48,49)50-39-38-45(3,4)5)44-43(47)37-35-33-31-28-15-13-11-9-7-2/h28,31,34,36,41-42,46H,6-27,29-30,32-33,35,37-40H2,1-5H3,(H-,44,47,48,49)/p+1/b31-28-,36-34+. The first kappa shape index (κ1) is 51.0. The van der Waals surface area contributed by atoms with Crippen molar-refractivity contribution in [3.05, 3.63) is 24.3 Å². The molecule has 3 unspecified atom stereocenters. The van der Waals surface area contributed by atoms with Crippen molar-refractivity contribution in [2.75, 3.05) is 40.9 Å². The highest BCUT2D eigenvalue weighted by Gasteiger charge is 2.27. The molecule has 0 aromatic carbocycles. The number of allylic oxidation sites excluding steroid dienone is 3. The summed E-state index contributed by atoms with van der Waals surface area (Å²) < 4.78 is 23.5. The fourth-order valence-corrected chi connectivity index (χ4v) is 6.90. The molecule has 0 aliphatic carbocycles. The van der Waals surface area contributed by atoms with Crippen LogP contribution >= 0.6 is 7.82 Å². The first-order chi connectivity index (χ1) is 25.0. The van der Waals surface area contributed by atoms with Crippen LogP contribution < -0.4 is 5.32 Å². The zero-order valence-electron chi connectivity index (χ0n) is 34.8. The molecule has 3 atom stereocenters. The molecule has 0 aliphatic heterocycles. The van der Waals surface area contributed by atoms with E-state index in [9.17, 15) is 19.4 Å². The summed E-state index contributed by atoms with van der Waals surface area (Å²) in [7, 11) is 1.56. The Morgan fingerprint density at radius 3 is 1.50 bits per heavy atom. The molecule has 0 bridgehead atoms. The number of hydrogen-bond acceptors (Lipinski definition) is 5. The van der Waals surface area contributed by atoms with Gasteiger partial charge in [-0.05, 0) is 38.5 Å². The number of nitrogens with zero attached hydrogens (tertiary/aromatic N) is 1. The van der Waals surface area contributed by atoms with Crippen molar-refractivity contribution in [2.45, 2.75) is 206 Å². The van der Waals surface area contributed by atoms with Crippen LogP contribution in [0.3, 0.4) is 0 Å². The van der Waals surface area contributed by atoms with Gasteiger partial charge in [0.25, 0.3) is 0 Å². The number of amides is 1. The van der Waals surface area contributed by atoms with Gasteiger partial charge in [0.2, 0.25) is 5.91 Å². The summed E-state index contributed by atoms with van der Waals surface area (Å²) >= 11 is 0. The second kappa shape index (κ2) is 35.7. The van der Waals surface area contributed by atoms with Gasteiger partial charge in [-0.1, -0.05) is 173 Å². The molecule has 9 heteroatoms. The predicted octanol–water partition coefficient (Wildman–Crippen LogP) is 11.7. The van der Waals surface area contributed by atoms with Gasteiger partial charge >= 0.3 is 7.82 Å². The number of phosphoric ester groups is 1. The number of aliphatic hydroxyl groups excluding tert-OH is 1. The van der Waals surface area contributed by atoms with Crippen LogP contribution in [0.1, 0.15) is 194 Å². The number of likely N-dealkylation sites (N-methyl/N-ethyl adjacent to an activating group) is 1. The van der Waals surface area contributed by atoms with E-state index in [1.54, 1.807) is 6.08 Å². The number of carbonyl (C=O) groups excluding carboxylic acids is 1. The number of unbranched alkanes of at least 4 members (excludes halogenated alkanes) is 24. The van der Waals surface area contributed by atoms with Crippen LogP contribution in [0.4, 0.5) is 0 Å². The minimum absolute atomic E-state index is 0.0579. The maximum Gasteiger partial charge on any atom is 0.472 e. The second-order valence-electron chi connectivity index (χ2n) is 16.1. The molecular weight excluding hydrogens is 671 g/mol. The number of aliphatic hydroxyl groups is 1. The van der Waals surface area contributed by atoms with Crippen molar-refractivity contribution < 1.29 is 32.9 Å². The summed E-state index contributed by atoms with van der Waals surface area (Å²) in [6.45, 7) is 4.75. The van der Waals surface area contributed by atoms with Crippen LogP contribution in [0, 0.1) is 0 Å². The van der Waals surface area contributed by atoms with Gasteiger partial charge in [-0.2, -0.15) is 0 Å². The van der Waals surface area contributed by atoms with Gasteiger partial charge in [0, 0.05) is 6.42 Å². The maximum absolute atomic E-state index is 12.7. The van der Waals surface area contributed by atoms with Gasteiger partial charge in [0.15, 0.2) is 0 Å². The molecule has 0 fully saturated rings. The van der Waals surface area contributed by atoms with Crippen LogP contribution in [-0.2, 0) is 18.4 Å². The highest BCUT2D eigenvalue weighted by Crippen LogP contribution is 2.43. The first-order valence-corrected chi connectivity index (χ1v) is 23.2. The smallest absolute Gasteiger partial charge is 0.387 e. The van der Waals surface area contributed by atoms with Crippen molar-refractivity contribution in [1.82, 2.24) is 5.32 Å². The van der Waals surface area contributed by atoms with Crippen molar-refractivity contribution in [1.29, 1.82) is 0 Å². The molecule has 0 spiro atoms. The van der Waals surface area contributed by atoms with E-state index in [4.69, 9.17) is 9.05 Å². The van der Waals surface area contributed by atoms with Gasteiger partial charge < -0.3 is 19.8 Å². The van der Waals surface area contributed by atoms with Gasteiger partial charge in [-0.25, -0.2) is 4.57 Å². The summed E-state index contributed by atoms with van der Waals surface area (Å²) in [5.41, 5.74) is 0. The SMILES string of the molecule is CCCCCC/C=C\CCCC(=O)NC(COP(=O)(O)OCC[N+](C)(C)C)C(O)/C=C/CCCCCCCCCCCCCCCCCCCCC. The highest BCUT2D eigenvalue weighted by molar-refractivity contribution is 7.47. The van der Waals surface area contributed by atoms with E-state index in [0.29, 0.717) is 23.9 Å². The molecule has 0 radical (unpaired) electrons. The van der Waals surface area contributed by atoms with E-state index in [0.717, 1.165) is 32.1 Å². The van der Waals surface area contributed by atoms with E-state index in [2.05, 4.69) is 31.3 Å². The summed E-state index contributed by atoms with van der Waals surface area (Å²) in [4.78, 5) is 23.0. The van der Waals surface area contributed by atoms with Gasteiger partial charge in [0.05, 0.1) is 39.9 Å². The van der Waals surface area contributed by atoms with E-state index in [1.165, 1.54) is 135 Å². The third kappa shape index (κ3) is 37.3. The van der Waals surface area contributed by atoms with Crippen molar-refractivity contribution in [3.8, 4) is 0 Å². The Balaban J connectivity index is 4.33. The summed E-state index contributed by atoms with van der Waals surface area (Å²) in [6, 6.07) is -0.856. The quantitative estimate of drug-likeness (QED) is 0.0250. The lowest BCUT2D eigenvalue weighted by atomic mass is 10.0. The van der Waals surface area contributed by atoms with Crippen LogP contribution in [-0.4, -0.2) is 73.4 Å². The average Bonchev–Trinajstić information content (AvgIpc) is 3.09. The van der Waals surface area contributed by atoms with E-state index in [1.807, 2.05) is 27.2 Å². The van der Waals surface area contributed by atoms with E-state index >= 15 is 0 Å². The molecule has 0 saturated heterocycles. The molecule has 8 nitrogen and oxygen atoms in total. The Morgan fingerprint density at radius 1 is 0.635 bits per heavy atom. The minimum Gasteiger partial charge on any atom is -0.387 e. The minimum atomic E-state index is -4.33. The second-order valence-corrected chi connectivity index (χ2v) is 17.5. The third-order valence-electron chi connectivity index (χ3n) is 9.67. The molecule has 1 amide bonds. The van der Waals surface area contributed by atoms with Crippen molar-refractivity contribution in [3.63, 3.8) is 0 Å². The number of hydrogen-bond donors (Lipinski definition) is 3. The van der Waals surface area contributed by atoms with E-state index in [-0.39, 0.29) is 19.1 Å². The third-order valence-corrected chi connectivity index (χ3v) is 10.6. The predicted molar refractivity (Wildman–Crippen MR) is 221 cm³/mol. The van der Waals surface area contributed by atoms with Gasteiger partial charge in [-0.3, -0.25) is 13.8 Å². The molecule has 0 saturated carbocycles. The van der Waals surface area contributed by atoms with Crippen LogP contribution in [0.5, 0.6) is 0 Å². The first-order valence-electron chi connectivity index (χ1n) is 21.7. The lowest BCUT2D eigenvalue weighted by molar-refractivity contribution is -0.870. The number of quaternary nitrogens is 1. The van der Waals surface area contributed by atoms with Crippen LogP contribution in [0.2, 0.25) is 0 Å². The number of phosphoric acid groups is 1. The van der Waals surface area contributed by atoms with Gasteiger partial charge in [-0.15, -0.1) is 0 Å². The molecular formula is C43H86N2O6P+.